The zero-order valence-corrected chi connectivity index (χ0v) is 10.2. The summed E-state index contributed by atoms with van der Waals surface area (Å²) in [6.07, 6.45) is 2.15. The average molecular weight is 248 g/mol. The largest absolute Gasteiger partial charge is 0.475 e. The van der Waals surface area contributed by atoms with Crippen LogP contribution in [0.3, 0.4) is 0 Å². The minimum absolute atomic E-state index is 0.165. The van der Waals surface area contributed by atoms with Gasteiger partial charge in [0.1, 0.15) is 6.61 Å². The van der Waals surface area contributed by atoms with Gasteiger partial charge < -0.3 is 4.74 Å². The number of nitrogens with zero attached hydrogens (tertiary/aromatic N) is 1. The second-order valence-electron chi connectivity index (χ2n) is 4.18. The zero-order chi connectivity index (χ0) is 13.0. The number of benzene rings is 1. The number of rotatable bonds is 4. The zero-order valence-electron chi connectivity index (χ0n) is 10.2. The molecule has 2 rings (SSSR count). The van der Waals surface area contributed by atoms with Crippen LogP contribution in [0.2, 0.25) is 0 Å². The van der Waals surface area contributed by atoms with Crippen LogP contribution >= 0.6 is 0 Å². The lowest BCUT2D eigenvalue weighted by Crippen LogP contribution is -2.31. The third-order valence-electron chi connectivity index (χ3n) is 2.80. The van der Waals surface area contributed by atoms with Gasteiger partial charge in [0.05, 0.1) is 0 Å². The minimum Gasteiger partial charge on any atom is -0.475 e. The molecule has 0 spiro atoms. The molecule has 0 unspecified atom stereocenters. The van der Waals surface area contributed by atoms with Gasteiger partial charge in [-0.05, 0) is 24.1 Å². The number of carbonyl (C=O) groups is 1. The van der Waals surface area contributed by atoms with Crippen molar-refractivity contribution >= 4 is 11.8 Å². The van der Waals surface area contributed by atoms with E-state index in [1.54, 1.807) is 5.48 Å². The minimum atomic E-state index is -0.666. The Morgan fingerprint density at radius 2 is 2.22 bits per heavy atom. The molecule has 1 atom stereocenters. The molecule has 5 heteroatoms. The van der Waals surface area contributed by atoms with Crippen LogP contribution in [0.5, 0.6) is 0 Å². The standard InChI is InChI=1S/C13H16N2O3/c1-2-3-9-4-6-10(7-5-9)13-14-11(8-18-13)12(16)15-17/h4-7,11,17H,2-3,8H2,1H3,(H,15,16)/t11-/m1/s1. The molecule has 0 radical (unpaired) electrons. The maximum atomic E-state index is 11.2. The smallest absolute Gasteiger partial charge is 0.271 e. The molecule has 0 bridgehead atoms. The molecular weight excluding hydrogens is 232 g/mol. The van der Waals surface area contributed by atoms with Crippen molar-refractivity contribution in [1.29, 1.82) is 0 Å². The summed E-state index contributed by atoms with van der Waals surface area (Å²) in [7, 11) is 0. The van der Waals surface area contributed by atoms with Crippen LogP contribution in [0.15, 0.2) is 29.3 Å². The van der Waals surface area contributed by atoms with Gasteiger partial charge in [-0.15, -0.1) is 0 Å². The van der Waals surface area contributed by atoms with Gasteiger partial charge in [0.25, 0.3) is 5.91 Å². The van der Waals surface area contributed by atoms with Crippen LogP contribution in [0.25, 0.3) is 0 Å². The van der Waals surface area contributed by atoms with Crippen LogP contribution < -0.4 is 5.48 Å². The molecule has 0 saturated heterocycles. The first-order valence-corrected chi connectivity index (χ1v) is 5.98. The number of hydrogen-bond donors (Lipinski definition) is 2. The molecule has 1 aliphatic heterocycles. The highest BCUT2D eigenvalue weighted by atomic mass is 16.5. The van der Waals surface area contributed by atoms with Crippen molar-refractivity contribution in [2.45, 2.75) is 25.8 Å². The van der Waals surface area contributed by atoms with Gasteiger partial charge in [-0.2, -0.15) is 0 Å². The molecule has 1 aromatic carbocycles. The molecule has 1 heterocycles. The summed E-state index contributed by atoms with van der Waals surface area (Å²) >= 11 is 0. The van der Waals surface area contributed by atoms with Crippen molar-refractivity contribution < 1.29 is 14.7 Å². The van der Waals surface area contributed by atoms with E-state index in [4.69, 9.17) is 9.94 Å². The van der Waals surface area contributed by atoms with Crippen LogP contribution in [0, 0.1) is 0 Å². The highest BCUT2D eigenvalue weighted by Crippen LogP contribution is 2.14. The fourth-order valence-corrected chi connectivity index (χ4v) is 1.84. The Morgan fingerprint density at radius 1 is 1.50 bits per heavy atom. The van der Waals surface area contributed by atoms with E-state index in [-0.39, 0.29) is 6.61 Å². The fraction of sp³-hybridized carbons (Fsp3) is 0.385. The average Bonchev–Trinajstić information content (AvgIpc) is 2.89. The van der Waals surface area contributed by atoms with Gasteiger partial charge in [-0.3, -0.25) is 10.0 Å². The molecule has 96 valence electrons. The van der Waals surface area contributed by atoms with Gasteiger partial charge in [-0.25, -0.2) is 10.5 Å². The number of nitrogens with one attached hydrogen (secondary N) is 1. The maximum Gasteiger partial charge on any atom is 0.271 e. The third-order valence-corrected chi connectivity index (χ3v) is 2.80. The van der Waals surface area contributed by atoms with Gasteiger partial charge in [0.2, 0.25) is 5.90 Å². The van der Waals surface area contributed by atoms with Crippen LogP contribution in [-0.2, 0) is 16.0 Å². The fourth-order valence-electron chi connectivity index (χ4n) is 1.84. The summed E-state index contributed by atoms with van der Waals surface area (Å²) in [5.41, 5.74) is 3.70. The number of hydrogen-bond acceptors (Lipinski definition) is 4. The molecule has 1 aliphatic rings. The number of aliphatic imine (C=N–C) groups is 1. The molecule has 1 aromatic rings. The molecule has 1 amide bonds. The Hall–Kier alpha value is -1.88. The number of aryl methyl sites for hydroxylation is 1. The molecule has 0 fully saturated rings. The third kappa shape index (κ3) is 2.68. The highest BCUT2D eigenvalue weighted by molar-refractivity contribution is 5.98. The summed E-state index contributed by atoms with van der Waals surface area (Å²) in [5, 5.41) is 8.52. The summed E-state index contributed by atoms with van der Waals surface area (Å²) in [6, 6.07) is 7.26. The van der Waals surface area contributed by atoms with Gasteiger partial charge in [0.15, 0.2) is 6.04 Å². The van der Waals surface area contributed by atoms with Crippen molar-refractivity contribution in [3.8, 4) is 0 Å². The molecule has 18 heavy (non-hydrogen) atoms. The SMILES string of the molecule is CCCc1ccc(C2=N[C@@H](C(=O)NO)CO2)cc1. The Bertz CT molecular complexity index is 454. The van der Waals surface area contributed by atoms with E-state index in [0.29, 0.717) is 5.90 Å². The van der Waals surface area contributed by atoms with Crippen LogP contribution in [-0.4, -0.2) is 29.7 Å². The lowest BCUT2D eigenvalue weighted by atomic mass is 10.1. The van der Waals surface area contributed by atoms with E-state index >= 15 is 0 Å². The topological polar surface area (TPSA) is 70.9 Å². The molecule has 5 nitrogen and oxygen atoms in total. The predicted molar refractivity (Wildman–Crippen MR) is 66.6 cm³/mol. The number of amides is 1. The first-order valence-electron chi connectivity index (χ1n) is 5.98. The van der Waals surface area contributed by atoms with Gasteiger partial charge in [0, 0.05) is 5.56 Å². The van der Waals surface area contributed by atoms with E-state index in [1.165, 1.54) is 5.56 Å². The van der Waals surface area contributed by atoms with Crippen molar-refractivity contribution in [3.05, 3.63) is 35.4 Å². The van der Waals surface area contributed by atoms with Gasteiger partial charge in [-0.1, -0.05) is 25.5 Å². The quantitative estimate of drug-likeness (QED) is 0.623. The van der Waals surface area contributed by atoms with E-state index < -0.39 is 11.9 Å². The summed E-state index contributed by atoms with van der Waals surface area (Å²) in [6.45, 7) is 2.30. The first kappa shape index (κ1) is 12.6. The van der Waals surface area contributed by atoms with Crippen molar-refractivity contribution in [1.82, 2.24) is 5.48 Å². The van der Waals surface area contributed by atoms with E-state index in [0.717, 1.165) is 18.4 Å². The van der Waals surface area contributed by atoms with Crippen molar-refractivity contribution in [2.24, 2.45) is 4.99 Å². The van der Waals surface area contributed by atoms with E-state index in [9.17, 15) is 4.79 Å². The second kappa shape index (κ2) is 5.64. The normalized spacial score (nSPS) is 18.1. The lowest BCUT2D eigenvalue weighted by Gasteiger charge is -2.03. The summed E-state index contributed by atoms with van der Waals surface area (Å²) in [4.78, 5) is 15.3. The maximum absolute atomic E-state index is 11.2. The molecule has 0 saturated carbocycles. The van der Waals surface area contributed by atoms with Gasteiger partial charge >= 0.3 is 0 Å². The Labute approximate surface area is 105 Å². The summed E-state index contributed by atoms with van der Waals surface area (Å²) in [5.74, 6) is -0.0979. The summed E-state index contributed by atoms with van der Waals surface area (Å²) < 4.78 is 5.35. The Balaban J connectivity index is 2.10. The number of carbonyl (C=O) groups excluding carboxylic acids is 1. The van der Waals surface area contributed by atoms with Crippen LogP contribution in [0.4, 0.5) is 0 Å². The van der Waals surface area contributed by atoms with Crippen LogP contribution in [0.1, 0.15) is 24.5 Å². The highest BCUT2D eigenvalue weighted by Gasteiger charge is 2.26. The van der Waals surface area contributed by atoms with E-state index in [2.05, 4.69) is 11.9 Å². The Morgan fingerprint density at radius 3 is 2.83 bits per heavy atom. The monoisotopic (exact) mass is 248 g/mol. The Kier molecular flexibility index (Phi) is 3.94. The predicted octanol–water partition coefficient (Wildman–Crippen LogP) is 1.29. The first-order chi connectivity index (χ1) is 8.74. The molecule has 0 aromatic heterocycles. The molecule has 2 N–H and O–H groups in total. The molecule has 0 aliphatic carbocycles. The number of ether oxygens (including phenoxy) is 1. The van der Waals surface area contributed by atoms with E-state index in [1.807, 2.05) is 24.3 Å². The van der Waals surface area contributed by atoms with Crippen molar-refractivity contribution in [3.63, 3.8) is 0 Å². The lowest BCUT2D eigenvalue weighted by molar-refractivity contribution is -0.130. The molecular formula is C13H16N2O3. The van der Waals surface area contributed by atoms with Crippen molar-refractivity contribution in [2.75, 3.05) is 6.61 Å². The second-order valence-corrected chi connectivity index (χ2v) is 4.18. The number of hydroxylamine groups is 1.